The number of benzene rings is 1. The Kier molecular flexibility index (Phi) is 3.06. The summed E-state index contributed by atoms with van der Waals surface area (Å²) in [5.74, 6) is 0.0662. The van der Waals surface area contributed by atoms with Gasteiger partial charge in [0.25, 0.3) is 0 Å². The van der Waals surface area contributed by atoms with Crippen molar-refractivity contribution in [3.8, 4) is 5.69 Å². The summed E-state index contributed by atoms with van der Waals surface area (Å²) in [5.41, 5.74) is 6.21. The SMILES string of the molecule is CN(C)c1nc2c(c(N)nn2-c2cccc(Cl)c2)c(=O)o1. The summed E-state index contributed by atoms with van der Waals surface area (Å²) in [6.07, 6.45) is 0. The predicted molar refractivity (Wildman–Crippen MR) is 81.2 cm³/mol. The van der Waals surface area contributed by atoms with Gasteiger partial charge in [0.05, 0.1) is 5.69 Å². The maximum Gasteiger partial charge on any atom is 0.353 e. The molecule has 3 aromatic rings. The molecule has 7 nitrogen and oxygen atoms in total. The fourth-order valence-electron chi connectivity index (χ4n) is 1.95. The van der Waals surface area contributed by atoms with E-state index in [2.05, 4.69) is 10.1 Å². The van der Waals surface area contributed by atoms with Gasteiger partial charge in [0, 0.05) is 19.1 Å². The van der Waals surface area contributed by atoms with Crippen molar-refractivity contribution in [2.75, 3.05) is 24.7 Å². The summed E-state index contributed by atoms with van der Waals surface area (Å²) >= 11 is 5.98. The van der Waals surface area contributed by atoms with Gasteiger partial charge in [-0.3, -0.25) is 0 Å². The van der Waals surface area contributed by atoms with E-state index in [0.717, 1.165) is 0 Å². The van der Waals surface area contributed by atoms with Gasteiger partial charge in [-0.1, -0.05) is 17.7 Å². The minimum atomic E-state index is -0.575. The van der Waals surface area contributed by atoms with Crippen LogP contribution in [0, 0.1) is 0 Å². The summed E-state index contributed by atoms with van der Waals surface area (Å²) < 4.78 is 6.58. The summed E-state index contributed by atoms with van der Waals surface area (Å²) in [6, 6.07) is 7.20. The Balaban J connectivity index is 2.36. The molecular weight excluding hydrogens is 294 g/mol. The number of nitrogens with two attached hydrogens (primary N) is 1. The lowest BCUT2D eigenvalue weighted by Gasteiger charge is -2.08. The average molecular weight is 306 g/mol. The van der Waals surface area contributed by atoms with E-state index in [1.807, 2.05) is 0 Å². The molecule has 0 fully saturated rings. The van der Waals surface area contributed by atoms with Crippen LogP contribution in [0.5, 0.6) is 0 Å². The van der Waals surface area contributed by atoms with Gasteiger partial charge in [-0.25, -0.2) is 9.48 Å². The molecule has 0 atom stereocenters. The first kappa shape index (κ1) is 13.4. The van der Waals surface area contributed by atoms with Gasteiger partial charge >= 0.3 is 11.6 Å². The van der Waals surface area contributed by atoms with Crippen LogP contribution in [0.15, 0.2) is 33.5 Å². The van der Waals surface area contributed by atoms with Crippen molar-refractivity contribution < 1.29 is 4.42 Å². The molecule has 0 saturated heterocycles. The van der Waals surface area contributed by atoms with Gasteiger partial charge in [0.2, 0.25) is 0 Å². The fraction of sp³-hybridized carbons (Fsp3) is 0.154. The number of fused-ring (bicyclic) bond motifs is 1. The zero-order chi connectivity index (χ0) is 15.1. The molecular formula is C13H12ClN5O2. The third-order valence-electron chi connectivity index (χ3n) is 2.91. The number of hydrogen-bond donors (Lipinski definition) is 1. The van der Waals surface area contributed by atoms with Crippen LogP contribution in [0.4, 0.5) is 11.8 Å². The smallest absolute Gasteiger partial charge is 0.353 e. The third-order valence-corrected chi connectivity index (χ3v) is 3.15. The number of aromatic nitrogens is 3. The normalized spacial score (nSPS) is 11.0. The second-order valence-electron chi connectivity index (χ2n) is 4.65. The number of nitrogen functional groups attached to an aromatic ring is 1. The van der Waals surface area contributed by atoms with Gasteiger partial charge in [-0.15, -0.1) is 5.10 Å². The van der Waals surface area contributed by atoms with Crippen molar-refractivity contribution in [3.05, 3.63) is 39.7 Å². The molecule has 0 aliphatic carbocycles. The summed E-state index contributed by atoms with van der Waals surface area (Å²) in [7, 11) is 3.45. The van der Waals surface area contributed by atoms with Crippen molar-refractivity contribution >= 4 is 34.5 Å². The van der Waals surface area contributed by atoms with Crippen LogP contribution >= 0.6 is 11.6 Å². The lowest BCUT2D eigenvalue weighted by atomic mass is 10.3. The molecule has 21 heavy (non-hydrogen) atoms. The second-order valence-corrected chi connectivity index (χ2v) is 5.09. The number of nitrogens with zero attached hydrogens (tertiary/aromatic N) is 4. The number of hydrogen-bond acceptors (Lipinski definition) is 6. The van der Waals surface area contributed by atoms with Crippen LogP contribution in [0.25, 0.3) is 16.7 Å². The zero-order valence-electron chi connectivity index (χ0n) is 11.4. The molecule has 0 aliphatic heterocycles. The van der Waals surface area contributed by atoms with Gasteiger partial charge in [0.1, 0.15) is 5.39 Å². The van der Waals surface area contributed by atoms with E-state index >= 15 is 0 Å². The topological polar surface area (TPSA) is 90.2 Å². The highest BCUT2D eigenvalue weighted by Gasteiger charge is 2.18. The lowest BCUT2D eigenvalue weighted by molar-refractivity contribution is 0.502. The highest BCUT2D eigenvalue weighted by molar-refractivity contribution is 6.30. The molecule has 2 heterocycles. The Morgan fingerprint density at radius 2 is 2.14 bits per heavy atom. The average Bonchev–Trinajstić information content (AvgIpc) is 2.76. The Morgan fingerprint density at radius 3 is 2.81 bits per heavy atom. The summed E-state index contributed by atoms with van der Waals surface area (Å²) in [4.78, 5) is 17.9. The van der Waals surface area contributed by atoms with Crippen LogP contribution in [0.3, 0.4) is 0 Å². The Hall–Kier alpha value is -2.54. The van der Waals surface area contributed by atoms with Crippen LogP contribution in [-0.4, -0.2) is 28.9 Å². The molecule has 0 saturated carbocycles. The predicted octanol–water partition coefficient (Wildman–Crippen LogP) is 1.68. The third kappa shape index (κ3) is 2.21. The van der Waals surface area contributed by atoms with E-state index < -0.39 is 5.63 Å². The Morgan fingerprint density at radius 1 is 1.38 bits per heavy atom. The second kappa shape index (κ2) is 4.78. The first-order valence-corrected chi connectivity index (χ1v) is 6.48. The van der Waals surface area contributed by atoms with Crippen LogP contribution < -0.4 is 16.3 Å². The molecule has 0 spiro atoms. The quantitative estimate of drug-likeness (QED) is 0.774. The lowest BCUT2D eigenvalue weighted by Crippen LogP contribution is -2.15. The van der Waals surface area contributed by atoms with Crippen molar-refractivity contribution in [1.29, 1.82) is 0 Å². The van der Waals surface area contributed by atoms with E-state index in [1.54, 1.807) is 43.3 Å². The van der Waals surface area contributed by atoms with Crippen LogP contribution in [-0.2, 0) is 0 Å². The number of anilines is 2. The standard InChI is InChI=1S/C13H12ClN5O2/c1-18(2)13-16-11-9(12(20)21-13)10(15)17-19(11)8-5-3-4-7(14)6-8/h3-6H,1-2H3,(H2,15,17). The van der Waals surface area contributed by atoms with Crippen molar-refractivity contribution in [2.45, 2.75) is 0 Å². The summed E-state index contributed by atoms with van der Waals surface area (Å²) in [5, 5.41) is 4.86. The first-order chi connectivity index (χ1) is 9.97. The molecule has 2 N–H and O–H groups in total. The molecule has 0 radical (unpaired) electrons. The molecule has 0 aliphatic rings. The van der Waals surface area contributed by atoms with E-state index in [4.69, 9.17) is 21.8 Å². The van der Waals surface area contributed by atoms with Crippen LogP contribution in [0.1, 0.15) is 0 Å². The van der Waals surface area contributed by atoms with E-state index in [-0.39, 0.29) is 17.2 Å². The Bertz CT molecular complexity index is 884. The van der Waals surface area contributed by atoms with E-state index in [1.165, 1.54) is 4.68 Å². The molecule has 2 aromatic heterocycles. The van der Waals surface area contributed by atoms with E-state index in [0.29, 0.717) is 16.4 Å². The minimum Gasteiger partial charge on any atom is -0.388 e. The van der Waals surface area contributed by atoms with Crippen molar-refractivity contribution in [1.82, 2.24) is 14.8 Å². The summed E-state index contributed by atoms with van der Waals surface area (Å²) in [6.45, 7) is 0. The number of halogens is 1. The maximum absolute atomic E-state index is 12.0. The zero-order valence-corrected chi connectivity index (χ0v) is 12.1. The van der Waals surface area contributed by atoms with Crippen molar-refractivity contribution in [3.63, 3.8) is 0 Å². The highest BCUT2D eigenvalue weighted by Crippen LogP contribution is 2.23. The molecule has 0 unspecified atom stereocenters. The molecule has 108 valence electrons. The van der Waals surface area contributed by atoms with Gasteiger partial charge in [-0.2, -0.15) is 4.98 Å². The van der Waals surface area contributed by atoms with E-state index in [9.17, 15) is 4.79 Å². The number of rotatable bonds is 2. The van der Waals surface area contributed by atoms with Crippen LogP contribution in [0.2, 0.25) is 5.02 Å². The van der Waals surface area contributed by atoms with Gasteiger partial charge in [-0.05, 0) is 18.2 Å². The molecule has 3 rings (SSSR count). The molecule has 1 aromatic carbocycles. The fourth-order valence-corrected chi connectivity index (χ4v) is 2.14. The molecule has 0 amide bonds. The monoisotopic (exact) mass is 305 g/mol. The largest absolute Gasteiger partial charge is 0.388 e. The maximum atomic E-state index is 12.0. The van der Waals surface area contributed by atoms with Gasteiger partial charge in [0.15, 0.2) is 11.5 Å². The Labute approximate surface area is 124 Å². The first-order valence-electron chi connectivity index (χ1n) is 6.10. The molecule has 8 heteroatoms. The highest BCUT2D eigenvalue weighted by atomic mass is 35.5. The molecule has 0 bridgehead atoms. The van der Waals surface area contributed by atoms with Crippen molar-refractivity contribution in [2.24, 2.45) is 0 Å². The van der Waals surface area contributed by atoms with Gasteiger partial charge < -0.3 is 15.1 Å². The minimum absolute atomic E-state index is 0.0662.